The topological polar surface area (TPSA) is 63.2 Å². The molecule has 2 rings (SSSR count). The third-order valence-electron chi connectivity index (χ3n) is 2.98. The van der Waals surface area contributed by atoms with E-state index >= 15 is 0 Å². The zero-order valence-corrected chi connectivity index (χ0v) is 14.9. The number of anilines is 1. The van der Waals surface area contributed by atoms with E-state index in [2.05, 4.69) is 22.5 Å². The summed E-state index contributed by atoms with van der Waals surface area (Å²) in [6.45, 7) is 3.46. The van der Waals surface area contributed by atoms with Crippen molar-refractivity contribution in [3.63, 3.8) is 0 Å². The van der Waals surface area contributed by atoms with Crippen LogP contribution in [0.5, 0.6) is 5.75 Å². The molecule has 0 saturated carbocycles. The first-order chi connectivity index (χ1) is 10.7. The Kier molecular flexibility index (Phi) is 8.61. The van der Waals surface area contributed by atoms with E-state index < -0.39 is 0 Å². The van der Waals surface area contributed by atoms with E-state index in [4.69, 9.17) is 4.74 Å². The highest BCUT2D eigenvalue weighted by molar-refractivity contribution is 7.14. The Morgan fingerprint density at radius 1 is 1.30 bits per heavy atom. The molecule has 1 heterocycles. The molecule has 2 N–H and O–H groups in total. The molecule has 1 aromatic carbocycles. The van der Waals surface area contributed by atoms with Crippen LogP contribution in [-0.4, -0.2) is 31.1 Å². The lowest BCUT2D eigenvalue weighted by molar-refractivity contribution is -0.116. The minimum Gasteiger partial charge on any atom is -0.494 e. The summed E-state index contributed by atoms with van der Waals surface area (Å²) < 4.78 is 5.56. The van der Waals surface area contributed by atoms with Crippen molar-refractivity contribution >= 4 is 34.8 Å². The van der Waals surface area contributed by atoms with Gasteiger partial charge in [-0.15, -0.1) is 23.7 Å². The van der Waals surface area contributed by atoms with Crippen LogP contribution >= 0.6 is 23.7 Å². The Hall–Kier alpha value is -1.63. The van der Waals surface area contributed by atoms with Crippen molar-refractivity contribution in [3.05, 3.63) is 29.6 Å². The number of carbonyl (C=O) groups excluding carboxylic acids is 1. The predicted octanol–water partition coefficient (Wildman–Crippen LogP) is 3.57. The van der Waals surface area contributed by atoms with Crippen LogP contribution in [0.1, 0.15) is 19.8 Å². The Bertz CT molecular complexity index is 602. The third kappa shape index (κ3) is 6.17. The molecule has 0 bridgehead atoms. The van der Waals surface area contributed by atoms with Crippen molar-refractivity contribution in [2.75, 3.05) is 25.5 Å². The number of amides is 1. The molecule has 0 spiro atoms. The van der Waals surface area contributed by atoms with E-state index in [-0.39, 0.29) is 18.3 Å². The van der Waals surface area contributed by atoms with Gasteiger partial charge in [0.15, 0.2) is 5.13 Å². The van der Waals surface area contributed by atoms with E-state index in [0.717, 1.165) is 30.0 Å². The van der Waals surface area contributed by atoms with Gasteiger partial charge in [-0.2, -0.15) is 0 Å². The molecule has 7 heteroatoms. The van der Waals surface area contributed by atoms with Crippen molar-refractivity contribution in [1.82, 2.24) is 10.3 Å². The average Bonchev–Trinajstić information content (AvgIpc) is 3.00. The molecule has 0 fully saturated rings. The zero-order valence-electron chi connectivity index (χ0n) is 13.3. The van der Waals surface area contributed by atoms with Crippen molar-refractivity contribution in [1.29, 1.82) is 0 Å². The van der Waals surface area contributed by atoms with Gasteiger partial charge in [0.1, 0.15) is 5.75 Å². The number of carbonyl (C=O) groups is 1. The second-order valence-corrected chi connectivity index (χ2v) is 5.67. The van der Waals surface area contributed by atoms with Crippen LogP contribution < -0.4 is 15.4 Å². The van der Waals surface area contributed by atoms with Crippen LogP contribution in [0.3, 0.4) is 0 Å². The monoisotopic (exact) mass is 355 g/mol. The molecule has 0 atom stereocenters. The number of halogens is 1. The van der Waals surface area contributed by atoms with E-state index in [9.17, 15) is 4.79 Å². The lowest BCUT2D eigenvalue weighted by atomic mass is 10.2. The maximum atomic E-state index is 11.7. The molecule has 2 aromatic rings. The van der Waals surface area contributed by atoms with Crippen LogP contribution in [0.15, 0.2) is 29.6 Å². The fourth-order valence-electron chi connectivity index (χ4n) is 1.83. The van der Waals surface area contributed by atoms with Crippen molar-refractivity contribution < 1.29 is 9.53 Å². The fraction of sp³-hybridized carbons (Fsp3) is 0.375. The average molecular weight is 356 g/mol. The second kappa shape index (κ2) is 10.2. The molecule has 0 aliphatic carbocycles. The van der Waals surface area contributed by atoms with Gasteiger partial charge in [0.25, 0.3) is 0 Å². The number of hydrogen-bond donors (Lipinski definition) is 2. The van der Waals surface area contributed by atoms with Gasteiger partial charge >= 0.3 is 0 Å². The third-order valence-corrected chi connectivity index (χ3v) is 3.73. The van der Waals surface area contributed by atoms with Crippen LogP contribution in [0.25, 0.3) is 11.3 Å². The van der Waals surface area contributed by atoms with Crippen molar-refractivity contribution in [2.45, 2.75) is 19.8 Å². The van der Waals surface area contributed by atoms with Crippen LogP contribution in [0, 0.1) is 0 Å². The first kappa shape index (κ1) is 19.4. The summed E-state index contributed by atoms with van der Waals surface area (Å²) in [7, 11) is 1.82. The van der Waals surface area contributed by atoms with Crippen LogP contribution in [0.2, 0.25) is 0 Å². The quantitative estimate of drug-likeness (QED) is 0.759. The number of benzene rings is 1. The van der Waals surface area contributed by atoms with E-state index in [1.807, 2.05) is 36.7 Å². The molecule has 0 unspecified atom stereocenters. The molecule has 0 saturated heterocycles. The normalized spacial score (nSPS) is 10.0. The number of nitrogens with one attached hydrogen (secondary N) is 2. The van der Waals surface area contributed by atoms with Gasteiger partial charge in [0.05, 0.1) is 12.3 Å². The molecule has 0 aliphatic rings. The molecular formula is C16H22ClN3O2S. The number of ether oxygens (including phenoxy) is 1. The van der Waals surface area contributed by atoms with Gasteiger partial charge in [-0.05, 0) is 37.7 Å². The lowest BCUT2D eigenvalue weighted by Gasteiger charge is -2.04. The summed E-state index contributed by atoms with van der Waals surface area (Å²) in [6.07, 6.45) is 1.43. The van der Waals surface area contributed by atoms with Crippen LogP contribution in [-0.2, 0) is 4.79 Å². The number of thiazole rings is 1. The van der Waals surface area contributed by atoms with Crippen molar-refractivity contribution in [3.8, 4) is 17.0 Å². The Balaban J connectivity index is 0.00000264. The summed E-state index contributed by atoms with van der Waals surface area (Å²) >= 11 is 1.43. The number of hydrogen-bond acceptors (Lipinski definition) is 5. The van der Waals surface area contributed by atoms with Crippen molar-refractivity contribution in [2.24, 2.45) is 0 Å². The fourth-order valence-corrected chi connectivity index (χ4v) is 2.56. The van der Waals surface area contributed by atoms with E-state index in [1.165, 1.54) is 11.3 Å². The second-order valence-electron chi connectivity index (χ2n) is 4.81. The van der Waals surface area contributed by atoms with Gasteiger partial charge in [0.2, 0.25) is 5.91 Å². The molecular weight excluding hydrogens is 334 g/mol. The van der Waals surface area contributed by atoms with E-state index in [1.54, 1.807) is 0 Å². The van der Waals surface area contributed by atoms with Gasteiger partial charge < -0.3 is 15.4 Å². The first-order valence-corrected chi connectivity index (χ1v) is 8.24. The summed E-state index contributed by atoms with van der Waals surface area (Å²) in [4.78, 5) is 16.1. The lowest BCUT2D eigenvalue weighted by Crippen LogP contribution is -2.18. The Labute approximate surface area is 146 Å². The highest BCUT2D eigenvalue weighted by atomic mass is 35.5. The van der Waals surface area contributed by atoms with Gasteiger partial charge in [-0.1, -0.05) is 6.92 Å². The van der Waals surface area contributed by atoms with Crippen LogP contribution in [0.4, 0.5) is 5.13 Å². The Morgan fingerprint density at radius 2 is 2.04 bits per heavy atom. The van der Waals surface area contributed by atoms with Gasteiger partial charge in [-0.3, -0.25) is 4.79 Å². The standard InChI is InChI=1S/C16H21N3O2S.ClH/c1-3-10-21-13-6-4-12(5-7-13)14-11-22-16(18-14)19-15(20)8-9-17-2;/h4-7,11,17H,3,8-10H2,1-2H3,(H,18,19,20);1H. The first-order valence-electron chi connectivity index (χ1n) is 7.36. The minimum absolute atomic E-state index is 0. The smallest absolute Gasteiger partial charge is 0.227 e. The zero-order chi connectivity index (χ0) is 15.8. The summed E-state index contributed by atoms with van der Waals surface area (Å²) in [5, 5.41) is 8.32. The Morgan fingerprint density at radius 3 is 2.70 bits per heavy atom. The molecule has 0 aliphatic heterocycles. The highest BCUT2D eigenvalue weighted by Gasteiger charge is 2.08. The van der Waals surface area contributed by atoms with Gasteiger partial charge in [-0.25, -0.2) is 4.98 Å². The number of nitrogens with zero attached hydrogens (tertiary/aromatic N) is 1. The SMILES string of the molecule is CCCOc1ccc(-c2csc(NC(=O)CCNC)n2)cc1.Cl. The molecule has 1 aromatic heterocycles. The molecule has 5 nitrogen and oxygen atoms in total. The summed E-state index contributed by atoms with van der Waals surface area (Å²) in [6, 6.07) is 7.84. The maximum Gasteiger partial charge on any atom is 0.227 e. The molecule has 23 heavy (non-hydrogen) atoms. The van der Waals surface area contributed by atoms with Gasteiger partial charge in [0, 0.05) is 23.9 Å². The number of rotatable bonds is 8. The summed E-state index contributed by atoms with van der Waals surface area (Å²) in [5.41, 5.74) is 1.87. The largest absolute Gasteiger partial charge is 0.494 e. The highest BCUT2D eigenvalue weighted by Crippen LogP contribution is 2.26. The summed E-state index contributed by atoms with van der Waals surface area (Å²) in [5.74, 6) is 0.833. The maximum absolute atomic E-state index is 11.7. The number of aromatic nitrogens is 1. The minimum atomic E-state index is -0.0291. The predicted molar refractivity (Wildman–Crippen MR) is 97.8 cm³/mol. The molecule has 126 valence electrons. The van der Waals surface area contributed by atoms with E-state index in [0.29, 0.717) is 18.1 Å². The molecule has 0 radical (unpaired) electrons. The molecule has 1 amide bonds.